The molecule has 0 spiro atoms. The zero-order valence-corrected chi connectivity index (χ0v) is 11.9. The van der Waals surface area contributed by atoms with Crippen molar-refractivity contribution >= 4 is 5.97 Å². The second-order valence-electron chi connectivity index (χ2n) is 5.84. The zero-order chi connectivity index (χ0) is 14.0. The summed E-state index contributed by atoms with van der Waals surface area (Å²) >= 11 is 0. The molecule has 0 radical (unpaired) electrons. The monoisotopic (exact) mass is 275 g/mol. The number of hydrogen-bond acceptors (Lipinski definition) is 4. The molecule has 1 aromatic rings. The smallest absolute Gasteiger partial charge is 0.315 e. The van der Waals surface area contributed by atoms with E-state index < -0.39 is 5.41 Å². The molecular weight excluding hydrogens is 254 g/mol. The highest BCUT2D eigenvalue weighted by Crippen LogP contribution is 2.42. The molecule has 0 amide bonds. The van der Waals surface area contributed by atoms with E-state index in [9.17, 15) is 4.79 Å². The average molecular weight is 275 g/mol. The number of esters is 1. The van der Waals surface area contributed by atoms with E-state index >= 15 is 0 Å². The van der Waals surface area contributed by atoms with Crippen LogP contribution in [0, 0.1) is 11.3 Å². The van der Waals surface area contributed by atoms with E-state index in [1.54, 1.807) is 0 Å². The van der Waals surface area contributed by atoms with Gasteiger partial charge in [0.05, 0.1) is 13.7 Å². The molecular formula is C16H21NO3. The number of rotatable bonds is 3. The number of hydrogen-bond donors (Lipinski definition) is 0. The van der Waals surface area contributed by atoms with Crippen LogP contribution in [-0.2, 0) is 20.8 Å². The van der Waals surface area contributed by atoms with Crippen LogP contribution in [0.5, 0.6) is 0 Å². The van der Waals surface area contributed by atoms with Crippen LogP contribution in [0.2, 0.25) is 0 Å². The molecule has 0 N–H and O–H groups in total. The van der Waals surface area contributed by atoms with Gasteiger partial charge in [-0.25, -0.2) is 0 Å². The van der Waals surface area contributed by atoms with E-state index in [1.165, 1.54) is 12.7 Å². The van der Waals surface area contributed by atoms with Crippen molar-refractivity contribution in [3.63, 3.8) is 0 Å². The molecule has 0 unspecified atom stereocenters. The van der Waals surface area contributed by atoms with Crippen molar-refractivity contribution < 1.29 is 14.3 Å². The Labute approximate surface area is 119 Å². The first-order valence-corrected chi connectivity index (χ1v) is 7.17. The minimum Gasteiger partial charge on any atom is -0.468 e. The lowest BCUT2D eigenvalue weighted by molar-refractivity contribution is -0.163. The van der Waals surface area contributed by atoms with Crippen LogP contribution in [0.4, 0.5) is 0 Å². The minimum absolute atomic E-state index is 0.113. The van der Waals surface area contributed by atoms with Crippen LogP contribution in [0.1, 0.15) is 12.0 Å². The number of carbonyl (C=O) groups is 1. The summed E-state index contributed by atoms with van der Waals surface area (Å²) in [6.45, 7) is 3.82. The van der Waals surface area contributed by atoms with Crippen molar-refractivity contribution in [3.8, 4) is 0 Å². The summed E-state index contributed by atoms with van der Waals surface area (Å²) < 4.78 is 10.6. The Morgan fingerprint density at radius 1 is 1.45 bits per heavy atom. The van der Waals surface area contributed by atoms with E-state index in [0.29, 0.717) is 12.5 Å². The molecule has 1 aromatic carbocycles. The van der Waals surface area contributed by atoms with Crippen LogP contribution >= 0.6 is 0 Å². The Morgan fingerprint density at radius 3 is 3.00 bits per heavy atom. The molecule has 0 aliphatic carbocycles. The largest absolute Gasteiger partial charge is 0.468 e. The van der Waals surface area contributed by atoms with Gasteiger partial charge in [-0.1, -0.05) is 30.3 Å². The summed E-state index contributed by atoms with van der Waals surface area (Å²) in [5.74, 6) is 0.241. The van der Waals surface area contributed by atoms with Crippen molar-refractivity contribution in [2.45, 2.75) is 13.0 Å². The molecule has 2 aliphatic rings. The molecule has 108 valence electrons. The third kappa shape index (κ3) is 2.34. The number of methoxy groups -OCH3 is 1. The summed E-state index contributed by atoms with van der Waals surface area (Å²) in [5, 5.41) is 0. The molecule has 2 saturated heterocycles. The van der Waals surface area contributed by atoms with Crippen molar-refractivity contribution in [1.82, 2.24) is 4.90 Å². The lowest BCUT2D eigenvalue weighted by Gasteiger charge is -2.35. The molecule has 0 saturated carbocycles. The number of ether oxygens (including phenoxy) is 2. The predicted molar refractivity (Wildman–Crippen MR) is 75.1 cm³/mol. The number of fused-ring (bicyclic) bond motifs is 1. The normalized spacial score (nSPS) is 29.9. The van der Waals surface area contributed by atoms with E-state index in [1.807, 2.05) is 6.07 Å². The Kier molecular flexibility index (Phi) is 3.76. The van der Waals surface area contributed by atoms with Gasteiger partial charge in [0.1, 0.15) is 5.41 Å². The fraction of sp³-hybridized carbons (Fsp3) is 0.562. The quantitative estimate of drug-likeness (QED) is 0.787. The van der Waals surface area contributed by atoms with Crippen LogP contribution in [0.25, 0.3) is 0 Å². The second kappa shape index (κ2) is 5.54. The molecule has 2 fully saturated rings. The van der Waals surface area contributed by atoms with Gasteiger partial charge in [-0.3, -0.25) is 9.69 Å². The molecule has 20 heavy (non-hydrogen) atoms. The lowest BCUT2D eigenvalue weighted by atomic mass is 9.76. The van der Waals surface area contributed by atoms with Crippen LogP contribution < -0.4 is 0 Å². The van der Waals surface area contributed by atoms with Gasteiger partial charge in [0.25, 0.3) is 0 Å². The summed E-state index contributed by atoms with van der Waals surface area (Å²) in [4.78, 5) is 14.6. The van der Waals surface area contributed by atoms with Gasteiger partial charge >= 0.3 is 5.97 Å². The third-order valence-corrected chi connectivity index (χ3v) is 4.58. The first-order valence-electron chi connectivity index (χ1n) is 7.17. The van der Waals surface area contributed by atoms with Gasteiger partial charge in [0, 0.05) is 26.2 Å². The minimum atomic E-state index is -0.457. The van der Waals surface area contributed by atoms with Gasteiger partial charge < -0.3 is 9.47 Å². The maximum Gasteiger partial charge on any atom is 0.315 e. The molecule has 0 bridgehead atoms. The van der Waals surface area contributed by atoms with Gasteiger partial charge in [0.2, 0.25) is 0 Å². The molecule has 0 aromatic heterocycles. The fourth-order valence-electron chi connectivity index (χ4n) is 3.55. The highest BCUT2D eigenvalue weighted by atomic mass is 16.5. The Bertz CT molecular complexity index is 476. The molecule has 2 aliphatic heterocycles. The van der Waals surface area contributed by atoms with Gasteiger partial charge in [-0.15, -0.1) is 0 Å². The summed E-state index contributed by atoms with van der Waals surface area (Å²) in [7, 11) is 1.47. The SMILES string of the molecule is COC(=O)[C@]12COCC[C@H]1CN(Cc1ccccc1)C2. The number of benzene rings is 1. The van der Waals surface area contributed by atoms with Crippen molar-refractivity contribution in [2.75, 3.05) is 33.4 Å². The molecule has 3 rings (SSSR count). The molecule has 4 nitrogen and oxygen atoms in total. The molecule has 2 heterocycles. The van der Waals surface area contributed by atoms with Crippen LogP contribution in [0.3, 0.4) is 0 Å². The van der Waals surface area contributed by atoms with E-state index in [0.717, 1.165) is 32.7 Å². The van der Waals surface area contributed by atoms with Crippen LogP contribution in [0.15, 0.2) is 30.3 Å². The van der Waals surface area contributed by atoms with Crippen LogP contribution in [-0.4, -0.2) is 44.3 Å². The Balaban J connectivity index is 1.76. The van der Waals surface area contributed by atoms with Crippen molar-refractivity contribution in [1.29, 1.82) is 0 Å². The second-order valence-corrected chi connectivity index (χ2v) is 5.84. The van der Waals surface area contributed by atoms with E-state index in [-0.39, 0.29) is 5.97 Å². The van der Waals surface area contributed by atoms with Gasteiger partial charge in [0.15, 0.2) is 0 Å². The van der Waals surface area contributed by atoms with Gasteiger partial charge in [-0.2, -0.15) is 0 Å². The lowest BCUT2D eigenvalue weighted by Crippen LogP contribution is -2.47. The zero-order valence-electron chi connectivity index (χ0n) is 11.9. The Hall–Kier alpha value is -1.39. The van der Waals surface area contributed by atoms with E-state index in [2.05, 4.69) is 29.2 Å². The predicted octanol–water partition coefficient (Wildman–Crippen LogP) is 1.70. The first kappa shape index (κ1) is 13.6. The maximum atomic E-state index is 12.2. The topological polar surface area (TPSA) is 38.8 Å². The number of nitrogens with zero attached hydrogens (tertiary/aromatic N) is 1. The number of carbonyl (C=O) groups excluding carboxylic acids is 1. The standard InChI is InChI=1S/C16H21NO3/c1-19-15(18)16-11-17(9-13-5-3-2-4-6-13)10-14(16)7-8-20-12-16/h2-6,14H,7-12H2,1H3/t14-,16+/m0/s1. The summed E-state index contributed by atoms with van der Waals surface area (Å²) in [5.41, 5.74) is 0.828. The summed E-state index contributed by atoms with van der Waals surface area (Å²) in [6, 6.07) is 10.4. The third-order valence-electron chi connectivity index (χ3n) is 4.58. The highest BCUT2D eigenvalue weighted by molar-refractivity contribution is 5.78. The maximum absolute atomic E-state index is 12.2. The summed E-state index contributed by atoms with van der Waals surface area (Å²) in [6.07, 6.45) is 0.945. The van der Waals surface area contributed by atoms with Crippen molar-refractivity contribution in [2.24, 2.45) is 11.3 Å². The first-order chi connectivity index (χ1) is 9.74. The van der Waals surface area contributed by atoms with Crippen molar-refractivity contribution in [3.05, 3.63) is 35.9 Å². The number of likely N-dealkylation sites (tertiary alicyclic amines) is 1. The van der Waals surface area contributed by atoms with E-state index in [4.69, 9.17) is 9.47 Å². The molecule has 2 atom stereocenters. The van der Waals surface area contributed by atoms with Gasteiger partial charge in [-0.05, 0) is 17.9 Å². The highest BCUT2D eigenvalue weighted by Gasteiger charge is 2.54. The Morgan fingerprint density at radius 2 is 2.25 bits per heavy atom. The fourth-order valence-corrected chi connectivity index (χ4v) is 3.55. The average Bonchev–Trinajstić information content (AvgIpc) is 2.86. The molecule has 4 heteroatoms.